The molecule has 10 heteroatoms. The molecule has 0 saturated carbocycles. The first-order valence-electron chi connectivity index (χ1n) is 8.83. The Kier molecular flexibility index (Phi) is 7.86. The van der Waals surface area contributed by atoms with Gasteiger partial charge in [-0.25, -0.2) is 8.42 Å². The molecule has 8 nitrogen and oxygen atoms in total. The molecule has 0 bridgehead atoms. The fourth-order valence-corrected chi connectivity index (χ4v) is 3.97. The minimum absolute atomic E-state index is 0.0191. The molecule has 2 amide bonds. The van der Waals surface area contributed by atoms with E-state index < -0.39 is 15.9 Å². The maximum absolute atomic E-state index is 12.8. The van der Waals surface area contributed by atoms with Crippen LogP contribution in [0.2, 0.25) is 5.02 Å². The quantitative estimate of drug-likeness (QED) is 0.547. The third kappa shape index (κ3) is 6.10. The van der Waals surface area contributed by atoms with Gasteiger partial charge in [-0.3, -0.25) is 25.2 Å². The largest absolute Gasteiger partial charge is 0.495 e. The van der Waals surface area contributed by atoms with Gasteiger partial charge in [0.05, 0.1) is 17.8 Å². The summed E-state index contributed by atoms with van der Waals surface area (Å²) < 4.78 is 33.1. The van der Waals surface area contributed by atoms with Crippen molar-refractivity contribution in [2.75, 3.05) is 11.8 Å². The zero-order chi connectivity index (χ0) is 21.4. The van der Waals surface area contributed by atoms with Crippen LogP contribution in [-0.2, 0) is 14.8 Å². The van der Waals surface area contributed by atoms with Gasteiger partial charge in [0.25, 0.3) is 15.9 Å². The lowest BCUT2D eigenvalue weighted by Gasteiger charge is -2.13. The average molecular weight is 440 g/mol. The average Bonchev–Trinajstić information content (AvgIpc) is 2.70. The smallest absolute Gasteiger partial charge is 0.269 e. The van der Waals surface area contributed by atoms with Crippen molar-refractivity contribution in [1.29, 1.82) is 0 Å². The Bertz CT molecular complexity index is 995. The minimum Gasteiger partial charge on any atom is -0.495 e. The summed E-state index contributed by atoms with van der Waals surface area (Å²) in [5.41, 5.74) is 4.79. The molecule has 0 radical (unpaired) electrons. The summed E-state index contributed by atoms with van der Waals surface area (Å²) in [7, 11) is -2.69. The minimum atomic E-state index is -4.11. The van der Waals surface area contributed by atoms with Crippen molar-refractivity contribution < 1.29 is 22.7 Å². The first-order valence-corrected chi connectivity index (χ1v) is 10.7. The van der Waals surface area contributed by atoms with Crippen LogP contribution in [0.15, 0.2) is 47.4 Å². The number of anilines is 1. The summed E-state index contributed by atoms with van der Waals surface area (Å²) in [5.74, 6) is -0.670. The molecule has 29 heavy (non-hydrogen) atoms. The van der Waals surface area contributed by atoms with Crippen molar-refractivity contribution in [3.05, 3.63) is 53.1 Å². The van der Waals surface area contributed by atoms with Crippen LogP contribution >= 0.6 is 11.6 Å². The van der Waals surface area contributed by atoms with Crippen LogP contribution in [0.5, 0.6) is 5.75 Å². The SMILES string of the molecule is CCCCC(=O)NNC(=O)c1ccc(Cl)c(S(=O)(=O)Nc2ccccc2OC)c1. The number of benzene rings is 2. The number of methoxy groups -OCH3 is 1. The van der Waals surface area contributed by atoms with Crippen molar-refractivity contribution in [2.24, 2.45) is 0 Å². The van der Waals surface area contributed by atoms with E-state index in [0.717, 1.165) is 12.5 Å². The highest BCUT2D eigenvalue weighted by Crippen LogP contribution is 2.29. The van der Waals surface area contributed by atoms with Gasteiger partial charge in [0.1, 0.15) is 10.6 Å². The highest BCUT2D eigenvalue weighted by Gasteiger charge is 2.22. The number of hydrogen-bond donors (Lipinski definition) is 3. The topological polar surface area (TPSA) is 114 Å². The Morgan fingerprint density at radius 3 is 2.52 bits per heavy atom. The number of para-hydroxylation sites is 2. The van der Waals surface area contributed by atoms with Crippen LogP contribution in [0, 0.1) is 0 Å². The molecule has 0 aliphatic rings. The number of unbranched alkanes of at least 4 members (excludes halogenated alkanes) is 1. The highest BCUT2D eigenvalue weighted by molar-refractivity contribution is 7.92. The lowest BCUT2D eigenvalue weighted by molar-refractivity contribution is -0.121. The zero-order valence-corrected chi connectivity index (χ0v) is 17.6. The van der Waals surface area contributed by atoms with Gasteiger partial charge in [-0.1, -0.05) is 37.1 Å². The molecule has 0 aromatic heterocycles. The maximum Gasteiger partial charge on any atom is 0.269 e. The second-order valence-electron chi connectivity index (χ2n) is 6.06. The van der Waals surface area contributed by atoms with E-state index in [-0.39, 0.29) is 33.5 Å². The summed E-state index contributed by atoms with van der Waals surface area (Å²) in [6.45, 7) is 1.95. The van der Waals surface area contributed by atoms with Gasteiger partial charge in [0.2, 0.25) is 5.91 Å². The second kappa shape index (κ2) is 10.1. The number of halogens is 1. The summed E-state index contributed by atoms with van der Waals surface area (Å²) in [6, 6.07) is 10.3. The number of ether oxygens (including phenoxy) is 1. The van der Waals surface area contributed by atoms with Crippen LogP contribution in [0.1, 0.15) is 36.5 Å². The lowest BCUT2D eigenvalue weighted by Crippen LogP contribution is -2.41. The van der Waals surface area contributed by atoms with Crippen molar-refractivity contribution in [3.8, 4) is 5.75 Å². The van der Waals surface area contributed by atoms with Crippen LogP contribution < -0.4 is 20.3 Å². The summed E-state index contributed by atoms with van der Waals surface area (Å²) in [5, 5.41) is -0.0593. The number of carbonyl (C=O) groups excluding carboxylic acids is 2. The molecule has 0 aliphatic carbocycles. The van der Waals surface area contributed by atoms with Gasteiger partial charge in [0.15, 0.2) is 0 Å². The fourth-order valence-electron chi connectivity index (χ4n) is 2.38. The third-order valence-electron chi connectivity index (χ3n) is 3.91. The summed E-state index contributed by atoms with van der Waals surface area (Å²) in [6.07, 6.45) is 1.82. The molecule has 2 aromatic rings. The van der Waals surface area contributed by atoms with E-state index in [4.69, 9.17) is 16.3 Å². The van der Waals surface area contributed by atoms with Crippen LogP contribution in [0.4, 0.5) is 5.69 Å². The van der Waals surface area contributed by atoms with Crippen molar-refractivity contribution in [2.45, 2.75) is 31.1 Å². The standard InChI is InChI=1S/C19H22ClN3O5S/c1-3-4-9-18(24)21-22-19(25)13-10-11-14(20)17(12-13)29(26,27)23-15-7-5-6-8-16(15)28-2/h5-8,10-12,23H,3-4,9H2,1-2H3,(H,21,24)(H,22,25). The maximum atomic E-state index is 12.8. The van der Waals surface area contributed by atoms with Gasteiger partial charge in [-0.05, 0) is 36.8 Å². The number of amides is 2. The molecule has 2 rings (SSSR count). The number of sulfonamides is 1. The number of hydrogen-bond acceptors (Lipinski definition) is 5. The third-order valence-corrected chi connectivity index (χ3v) is 5.75. The van der Waals surface area contributed by atoms with Gasteiger partial charge in [0, 0.05) is 12.0 Å². The van der Waals surface area contributed by atoms with Crippen molar-refractivity contribution >= 4 is 39.1 Å². The number of nitrogens with one attached hydrogen (secondary N) is 3. The van der Waals surface area contributed by atoms with E-state index in [1.165, 1.54) is 25.3 Å². The molecular weight excluding hydrogens is 418 g/mol. The van der Waals surface area contributed by atoms with Gasteiger partial charge < -0.3 is 4.74 Å². The predicted molar refractivity (Wildman–Crippen MR) is 110 cm³/mol. The molecule has 0 atom stereocenters. The van der Waals surface area contributed by atoms with Crippen LogP contribution in [-0.4, -0.2) is 27.3 Å². The van der Waals surface area contributed by atoms with Crippen molar-refractivity contribution in [3.63, 3.8) is 0 Å². The zero-order valence-electron chi connectivity index (χ0n) is 16.0. The lowest BCUT2D eigenvalue weighted by atomic mass is 10.2. The van der Waals surface area contributed by atoms with Crippen molar-refractivity contribution in [1.82, 2.24) is 10.9 Å². The van der Waals surface area contributed by atoms with Gasteiger partial charge >= 0.3 is 0 Å². The monoisotopic (exact) mass is 439 g/mol. The molecule has 0 heterocycles. The van der Waals surface area contributed by atoms with E-state index in [9.17, 15) is 18.0 Å². The second-order valence-corrected chi connectivity index (χ2v) is 8.11. The van der Waals surface area contributed by atoms with E-state index in [1.807, 2.05) is 6.92 Å². The van der Waals surface area contributed by atoms with E-state index >= 15 is 0 Å². The molecule has 3 N–H and O–H groups in total. The predicted octanol–water partition coefficient (Wildman–Crippen LogP) is 3.10. The Hall–Kier alpha value is -2.78. The Labute approximate surface area is 174 Å². The summed E-state index contributed by atoms with van der Waals surface area (Å²) >= 11 is 6.06. The molecule has 0 unspecified atom stereocenters. The normalized spacial score (nSPS) is 10.9. The number of rotatable bonds is 8. The molecule has 0 spiro atoms. The Balaban J connectivity index is 2.21. The van der Waals surface area contributed by atoms with Crippen LogP contribution in [0.25, 0.3) is 0 Å². The number of hydrazine groups is 1. The molecule has 156 valence electrons. The van der Waals surface area contributed by atoms with Gasteiger partial charge in [-0.15, -0.1) is 0 Å². The van der Waals surface area contributed by atoms with Gasteiger partial charge in [-0.2, -0.15) is 0 Å². The van der Waals surface area contributed by atoms with E-state index in [1.54, 1.807) is 18.2 Å². The number of carbonyl (C=O) groups is 2. The molecule has 0 aliphatic heterocycles. The fraction of sp³-hybridized carbons (Fsp3) is 0.263. The summed E-state index contributed by atoms with van der Waals surface area (Å²) in [4.78, 5) is 23.6. The van der Waals surface area contributed by atoms with E-state index in [2.05, 4.69) is 15.6 Å². The van der Waals surface area contributed by atoms with E-state index in [0.29, 0.717) is 12.2 Å². The Morgan fingerprint density at radius 1 is 1.10 bits per heavy atom. The molecule has 0 fully saturated rings. The first kappa shape index (κ1) is 22.5. The van der Waals surface area contributed by atoms with Crippen LogP contribution in [0.3, 0.4) is 0 Å². The first-order chi connectivity index (χ1) is 13.8. The molecular formula is C19H22ClN3O5S. The molecule has 0 saturated heterocycles. The highest BCUT2D eigenvalue weighted by atomic mass is 35.5. The molecule has 2 aromatic carbocycles. The Morgan fingerprint density at radius 2 is 1.83 bits per heavy atom.